The average Bonchev–Trinajstić information content (AvgIpc) is 3.32. The van der Waals surface area contributed by atoms with Crippen molar-refractivity contribution in [2.75, 3.05) is 6.54 Å². The molecular weight excluding hydrogens is 346 g/mol. The average molecular weight is 363 g/mol. The van der Waals surface area contributed by atoms with Crippen LogP contribution in [0.5, 0.6) is 0 Å². The predicted octanol–water partition coefficient (Wildman–Crippen LogP) is 1.00. The first-order valence-electron chi connectivity index (χ1n) is 7.95. The molecule has 2 atom stereocenters. The van der Waals surface area contributed by atoms with E-state index in [1.165, 1.54) is 10.5 Å². The highest BCUT2D eigenvalue weighted by Gasteiger charge is 2.44. The van der Waals surface area contributed by atoms with Gasteiger partial charge in [0.2, 0.25) is 15.9 Å². The molecule has 1 aliphatic heterocycles. The van der Waals surface area contributed by atoms with Crippen molar-refractivity contribution in [3.05, 3.63) is 36.2 Å². The van der Waals surface area contributed by atoms with Gasteiger partial charge in [0, 0.05) is 37.2 Å². The van der Waals surface area contributed by atoms with E-state index in [1.807, 2.05) is 6.92 Å². The lowest BCUT2D eigenvalue weighted by atomic mass is 10.2. The summed E-state index contributed by atoms with van der Waals surface area (Å²) >= 11 is 0. The van der Waals surface area contributed by atoms with Gasteiger partial charge in [0.25, 0.3) is 0 Å². The number of hydrogen-bond acceptors (Lipinski definition) is 7. The first-order valence-corrected chi connectivity index (χ1v) is 9.39. The minimum absolute atomic E-state index is 0.0240. The number of aliphatic hydroxyl groups is 1. The fourth-order valence-corrected chi connectivity index (χ4v) is 4.87. The van der Waals surface area contributed by atoms with Gasteiger partial charge in [-0.2, -0.15) is 9.29 Å². The van der Waals surface area contributed by atoms with Crippen LogP contribution in [0.3, 0.4) is 0 Å². The molecule has 0 aliphatic carbocycles. The van der Waals surface area contributed by atoms with E-state index in [9.17, 15) is 13.5 Å². The zero-order valence-corrected chi connectivity index (χ0v) is 14.3. The molecule has 1 fully saturated rings. The molecule has 0 bridgehead atoms. The number of aliphatic hydroxyl groups excluding tert-OH is 1. The molecule has 9 nitrogen and oxygen atoms in total. The summed E-state index contributed by atoms with van der Waals surface area (Å²) in [6.45, 7) is 1.86. The van der Waals surface area contributed by atoms with Crippen molar-refractivity contribution in [3.8, 4) is 0 Å². The Hall–Kier alpha value is -2.30. The third kappa shape index (κ3) is 2.62. The second-order valence-corrected chi connectivity index (χ2v) is 7.79. The number of hydrogen-bond donors (Lipinski definition) is 2. The van der Waals surface area contributed by atoms with Crippen LogP contribution < -0.4 is 0 Å². The molecule has 10 heteroatoms. The van der Waals surface area contributed by atoms with Gasteiger partial charge in [-0.15, -0.1) is 0 Å². The van der Waals surface area contributed by atoms with Gasteiger partial charge in [0.05, 0.1) is 6.10 Å². The van der Waals surface area contributed by atoms with E-state index in [0.717, 1.165) is 0 Å². The van der Waals surface area contributed by atoms with Crippen LogP contribution in [0.25, 0.3) is 11.0 Å². The summed E-state index contributed by atoms with van der Waals surface area (Å²) in [6.07, 6.45) is 3.01. The van der Waals surface area contributed by atoms with Crippen molar-refractivity contribution in [1.82, 2.24) is 24.4 Å². The van der Waals surface area contributed by atoms with Crippen LogP contribution in [0, 0.1) is 0 Å². The van der Waals surface area contributed by atoms with Crippen molar-refractivity contribution in [1.29, 1.82) is 0 Å². The molecule has 0 aromatic carbocycles. The molecule has 0 unspecified atom stereocenters. The zero-order chi connectivity index (χ0) is 17.6. The summed E-state index contributed by atoms with van der Waals surface area (Å²) in [6, 6.07) is 2.68. The lowest BCUT2D eigenvalue weighted by molar-refractivity contribution is 0.188. The molecule has 3 aromatic heterocycles. The standard InChI is InChI=1S/C15H17N5O4S/c1-2-13-18-15(24-19-13)11-6-9(21)8-20(11)25(22,23)12-7-17-14-10(12)4-3-5-16-14/h3-5,7,9,11,21H,2,6,8H2,1H3,(H,16,17)/t9-,11+/m0/s1. The fraction of sp³-hybridized carbons (Fsp3) is 0.400. The van der Waals surface area contributed by atoms with Crippen molar-refractivity contribution in [2.24, 2.45) is 0 Å². The van der Waals surface area contributed by atoms with E-state index in [-0.39, 0.29) is 23.8 Å². The second-order valence-electron chi connectivity index (χ2n) is 5.93. The molecule has 25 heavy (non-hydrogen) atoms. The van der Waals surface area contributed by atoms with Crippen LogP contribution in [0.2, 0.25) is 0 Å². The number of fused-ring (bicyclic) bond motifs is 1. The van der Waals surface area contributed by atoms with Crippen molar-refractivity contribution in [3.63, 3.8) is 0 Å². The molecule has 1 saturated heterocycles. The van der Waals surface area contributed by atoms with Gasteiger partial charge >= 0.3 is 0 Å². The summed E-state index contributed by atoms with van der Waals surface area (Å²) in [7, 11) is -3.88. The molecule has 132 valence electrons. The lowest BCUT2D eigenvalue weighted by Gasteiger charge is -2.20. The summed E-state index contributed by atoms with van der Waals surface area (Å²) < 4.78 is 32.8. The van der Waals surface area contributed by atoms with Crippen molar-refractivity contribution in [2.45, 2.75) is 36.8 Å². The zero-order valence-electron chi connectivity index (χ0n) is 13.5. The molecule has 2 N–H and O–H groups in total. The SMILES string of the molecule is CCc1noc([C@H]2C[C@H](O)CN2S(=O)(=O)c2c[nH]c3ncccc23)n1. The number of aryl methyl sites for hydroxylation is 1. The minimum Gasteiger partial charge on any atom is -0.392 e. The van der Waals surface area contributed by atoms with Gasteiger partial charge < -0.3 is 14.6 Å². The molecule has 0 amide bonds. The maximum atomic E-state index is 13.2. The Balaban J connectivity index is 1.77. The van der Waals surface area contributed by atoms with E-state index in [2.05, 4.69) is 20.1 Å². The van der Waals surface area contributed by atoms with Gasteiger partial charge in [-0.25, -0.2) is 13.4 Å². The Morgan fingerprint density at radius 2 is 2.32 bits per heavy atom. The molecule has 4 rings (SSSR count). The molecule has 3 aromatic rings. The second kappa shape index (κ2) is 5.90. The molecule has 1 aliphatic rings. The van der Waals surface area contributed by atoms with Crippen LogP contribution in [0.15, 0.2) is 33.9 Å². The van der Waals surface area contributed by atoms with Gasteiger partial charge in [-0.05, 0) is 12.1 Å². The van der Waals surface area contributed by atoms with Crippen LogP contribution in [-0.4, -0.2) is 50.6 Å². The van der Waals surface area contributed by atoms with Crippen molar-refractivity contribution >= 4 is 21.1 Å². The Morgan fingerprint density at radius 1 is 1.48 bits per heavy atom. The number of H-pyrrole nitrogens is 1. The number of pyridine rings is 1. The van der Waals surface area contributed by atoms with Gasteiger partial charge in [0.15, 0.2) is 5.82 Å². The fourth-order valence-electron chi connectivity index (χ4n) is 3.09. The largest absolute Gasteiger partial charge is 0.392 e. The molecule has 0 radical (unpaired) electrons. The number of aromatic amines is 1. The van der Waals surface area contributed by atoms with Crippen LogP contribution in [0.1, 0.15) is 31.1 Å². The number of aromatic nitrogens is 4. The smallest absolute Gasteiger partial charge is 0.246 e. The van der Waals surface area contributed by atoms with E-state index < -0.39 is 22.2 Å². The van der Waals surface area contributed by atoms with Gasteiger partial charge in [0.1, 0.15) is 16.6 Å². The normalized spacial score (nSPS) is 22.0. The number of sulfonamides is 1. The third-order valence-electron chi connectivity index (χ3n) is 4.32. The summed E-state index contributed by atoms with van der Waals surface area (Å²) in [5.41, 5.74) is 0.489. The van der Waals surface area contributed by atoms with Crippen LogP contribution in [0.4, 0.5) is 0 Å². The highest BCUT2D eigenvalue weighted by molar-refractivity contribution is 7.89. The van der Waals surface area contributed by atoms with Crippen LogP contribution in [-0.2, 0) is 16.4 Å². The topological polar surface area (TPSA) is 125 Å². The van der Waals surface area contributed by atoms with E-state index in [0.29, 0.717) is 23.3 Å². The van der Waals surface area contributed by atoms with E-state index in [4.69, 9.17) is 4.52 Å². The monoisotopic (exact) mass is 363 g/mol. The minimum atomic E-state index is -3.88. The quantitative estimate of drug-likeness (QED) is 0.708. The number of nitrogens with zero attached hydrogens (tertiary/aromatic N) is 4. The van der Waals surface area contributed by atoms with Gasteiger partial charge in [-0.1, -0.05) is 12.1 Å². The Labute approximate surface area is 143 Å². The van der Waals surface area contributed by atoms with Gasteiger partial charge in [-0.3, -0.25) is 0 Å². The third-order valence-corrected chi connectivity index (χ3v) is 6.23. The number of nitrogens with one attached hydrogen (secondary N) is 1. The first-order chi connectivity index (χ1) is 12.0. The Morgan fingerprint density at radius 3 is 3.08 bits per heavy atom. The Kier molecular flexibility index (Phi) is 3.82. The maximum absolute atomic E-state index is 13.2. The summed E-state index contributed by atoms with van der Waals surface area (Å²) in [5, 5.41) is 14.4. The molecule has 4 heterocycles. The Bertz CT molecular complexity index is 1010. The summed E-state index contributed by atoms with van der Waals surface area (Å²) in [5.74, 6) is 0.708. The molecule has 0 spiro atoms. The number of β-amino-alcohol motifs (C(OH)–C–C–N with tert-alkyl or cyclic N) is 1. The van der Waals surface area contributed by atoms with E-state index in [1.54, 1.807) is 18.3 Å². The summed E-state index contributed by atoms with van der Waals surface area (Å²) in [4.78, 5) is 11.3. The molecular formula is C15H17N5O4S. The lowest BCUT2D eigenvalue weighted by Crippen LogP contribution is -2.32. The first kappa shape index (κ1) is 16.2. The maximum Gasteiger partial charge on any atom is 0.246 e. The van der Waals surface area contributed by atoms with Crippen molar-refractivity contribution < 1.29 is 18.0 Å². The van der Waals surface area contributed by atoms with E-state index >= 15 is 0 Å². The number of rotatable bonds is 4. The predicted molar refractivity (Wildman–Crippen MR) is 87.0 cm³/mol. The highest BCUT2D eigenvalue weighted by Crippen LogP contribution is 2.37. The van der Waals surface area contributed by atoms with Crippen LogP contribution >= 0.6 is 0 Å². The highest BCUT2D eigenvalue weighted by atomic mass is 32.2. The molecule has 0 saturated carbocycles.